The molecule has 186 valence electrons. The van der Waals surface area contributed by atoms with E-state index in [1.807, 2.05) is 67.7 Å². The fourth-order valence-electron chi connectivity index (χ4n) is 4.26. The van der Waals surface area contributed by atoms with E-state index in [1.165, 1.54) is 0 Å². The van der Waals surface area contributed by atoms with Crippen LogP contribution >= 0.6 is 0 Å². The second kappa shape index (κ2) is 10.5. The topological polar surface area (TPSA) is 88.2 Å². The lowest BCUT2D eigenvalue weighted by Crippen LogP contribution is -2.46. The molecule has 0 unspecified atom stereocenters. The van der Waals surface area contributed by atoms with E-state index in [-0.39, 0.29) is 5.57 Å². The molecule has 0 N–H and O–H groups in total. The van der Waals surface area contributed by atoms with Crippen LogP contribution in [-0.4, -0.2) is 39.1 Å². The van der Waals surface area contributed by atoms with Crippen molar-refractivity contribution in [1.29, 1.82) is 5.26 Å². The molecule has 37 heavy (non-hydrogen) atoms. The van der Waals surface area contributed by atoms with Crippen molar-refractivity contribution in [2.45, 2.75) is 33.7 Å². The van der Waals surface area contributed by atoms with Crippen LogP contribution in [0.15, 0.2) is 84.1 Å². The number of para-hydroxylation sites is 1. The summed E-state index contributed by atoms with van der Waals surface area (Å²) in [6.45, 7) is 11.2. The maximum atomic E-state index is 13.4. The van der Waals surface area contributed by atoms with Crippen molar-refractivity contribution in [3.63, 3.8) is 0 Å². The third kappa shape index (κ3) is 4.87. The van der Waals surface area contributed by atoms with Gasteiger partial charge in [-0.25, -0.2) is 4.68 Å². The van der Waals surface area contributed by atoms with E-state index in [2.05, 4.69) is 6.58 Å². The number of nitriles is 1. The van der Waals surface area contributed by atoms with Gasteiger partial charge in [-0.05, 0) is 75.2 Å². The molecular formula is C30H28N4O3. The molecule has 7 nitrogen and oxygen atoms in total. The second-order valence-electron chi connectivity index (χ2n) is 9.04. The molecule has 0 spiro atoms. The van der Waals surface area contributed by atoms with Gasteiger partial charge in [-0.15, -0.1) is 0 Å². The zero-order chi connectivity index (χ0) is 26.7. The smallest absolute Gasteiger partial charge is 0.271 e. The summed E-state index contributed by atoms with van der Waals surface area (Å²) in [7, 11) is 0. The summed E-state index contributed by atoms with van der Waals surface area (Å²) < 4.78 is 7.48. The fraction of sp³-hybridized carbons (Fsp3) is 0.200. The molecule has 0 fully saturated rings. The van der Waals surface area contributed by atoms with Crippen molar-refractivity contribution in [2.75, 3.05) is 6.61 Å². The Morgan fingerprint density at radius 3 is 2.46 bits per heavy atom. The molecule has 0 atom stereocenters. The molecule has 0 saturated heterocycles. The van der Waals surface area contributed by atoms with Crippen molar-refractivity contribution < 1.29 is 14.3 Å². The highest BCUT2D eigenvalue weighted by atomic mass is 16.5. The molecule has 4 rings (SSSR count). The molecule has 0 aliphatic carbocycles. The summed E-state index contributed by atoms with van der Waals surface area (Å²) in [5, 5.41) is 14.5. The standard InChI is InChI=1S/C30H28N4O3/c1-6-14-37-27-13-12-22(15-20(27)4)28-23(18-33(32-28)24-10-8-7-9-11-24)16-25-21(5)26(17-31)30(36)34(19(2)3)29(25)35/h6-13,15-16,18-19H,1,14H2,2-5H3/b25-16+. The summed E-state index contributed by atoms with van der Waals surface area (Å²) >= 11 is 0. The van der Waals surface area contributed by atoms with Crippen LogP contribution in [0.5, 0.6) is 5.75 Å². The van der Waals surface area contributed by atoms with Crippen molar-refractivity contribution in [2.24, 2.45) is 0 Å². The van der Waals surface area contributed by atoms with Gasteiger partial charge in [-0.3, -0.25) is 14.5 Å². The minimum Gasteiger partial charge on any atom is -0.489 e. The normalized spacial score (nSPS) is 14.9. The van der Waals surface area contributed by atoms with Gasteiger partial charge in [0.25, 0.3) is 11.8 Å². The first kappa shape index (κ1) is 25.4. The highest BCUT2D eigenvalue weighted by Gasteiger charge is 2.37. The van der Waals surface area contributed by atoms with Crippen LogP contribution in [0.4, 0.5) is 0 Å². The first-order chi connectivity index (χ1) is 17.8. The summed E-state index contributed by atoms with van der Waals surface area (Å²) in [6.07, 6.45) is 5.25. The van der Waals surface area contributed by atoms with Crippen molar-refractivity contribution in [3.8, 4) is 28.8 Å². The Morgan fingerprint density at radius 2 is 1.84 bits per heavy atom. The minimum absolute atomic E-state index is 0.0314. The Balaban J connectivity index is 1.91. The van der Waals surface area contributed by atoms with Gasteiger partial charge >= 0.3 is 0 Å². The first-order valence-corrected chi connectivity index (χ1v) is 12.0. The van der Waals surface area contributed by atoms with Gasteiger partial charge in [0.15, 0.2) is 0 Å². The number of amides is 2. The fourth-order valence-corrected chi connectivity index (χ4v) is 4.26. The van der Waals surface area contributed by atoms with Crippen LogP contribution in [0, 0.1) is 18.3 Å². The largest absolute Gasteiger partial charge is 0.489 e. The number of carbonyl (C=O) groups excluding carboxylic acids is 2. The van der Waals surface area contributed by atoms with Crippen LogP contribution in [0.2, 0.25) is 0 Å². The lowest BCUT2D eigenvalue weighted by molar-refractivity contribution is -0.142. The van der Waals surface area contributed by atoms with E-state index in [9.17, 15) is 14.9 Å². The molecule has 2 aromatic carbocycles. The molecule has 0 saturated carbocycles. The number of benzene rings is 2. The van der Waals surface area contributed by atoms with Crippen molar-refractivity contribution in [3.05, 3.63) is 95.2 Å². The van der Waals surface area contributed by atoms with Gasteiger partial charge in [-0.1, -0.05) is 30.9 Å². The highest BCUT2D eigenvalue weighted by molar-refractivity contribution is 6.20. The summed E-state index contributed by atoms with van der Waals surface area (Å²) in [5.74, 6) is -0.251. The third-order valence-electron chi connectivity index (χ3n) is 6.16. The molecule has 2 heterocycles. The average Bonchev–Trinajstić information content (AvgIpc) is 3.30. The highest BCUT2D eigenvalue weighted by Crippen LogP contribution is 2.33. The summed E-state index contributed by atoms with van der Waals surface area (Å²) in [4.78, 5) is 27.4. The number of carbonyl (C=O) groups is 2. The Hall–Kier alpha value is -4.70. The average molecular weight is 493 g/mol. The summed E-state index contributed by atoms with van der Waals surface area (Å²) in [5.41, 5.74) is 4.58. The lowest BCUT2D eigenvalue weighted by Gasteiger charge is -2.30. The SMILES string of the molecule is C=CCOc1ccc(-c2nn(-c3ccccc3)cc2/C=C2/C(=O)N(C(C)C)C(=O)C(C#N)=C2C)cc1C. The minimum atomic E-state index is -0.567. The molecule has 7 heteroatoms. The number of hydrogen-bond donors (Lipinski definition) is 0. The Labute approximate surface area is 216 Å². The van der Waals surface area contributed by atoms with E-state index < -0.39 is 17.9 Å². The predicted octanol–water partition coefficient (Wildman–Crippen LogP) is 5.41. The van der Waals surface area contributed by atoms with Gasteiger partial charge in [0.2, 0.25) is 0 Å². The number of imide groups is 1. The van der Waals surface area contributed by atoms with Crippen LogP contribution in [-0.2, 0) is 9.59 Å². The van der Waals surface area contributed by atoms with Crippen molar-refractivity contribution in [1.82, 2.24) is 14.7 Å². The molecule has 1 aliphatic rings. The zero-order valence-electron chi connectivity index (χ0n) is 21.4. The van der Waals surface area contributed by atoms with E-state index in [0.29, 0.717) is 29.0 Å². The third-order valence-corrected chi connectivity index (χ3v) is 6.16. The number of aryl methyl sites for hydroxylation is 1. The van der Waals surface area contributed by atoms with Crippen LogP contribution in [0.25, 0.3) is 23.0 Å². The number of hydrogen-bond acceptors (Lipinski definition) is 5. The molecule has 3 aromatic rings. The quantitative estimate of drug-likeness (QED) is 0.250. The molecule has 2 amide bonds. The first-order valence-electron chi connectivity index (χ1n) is 12.0. The molecular weight excluding hydrogens is 464 g/mol. The molecule has 0 bridgehead atoms. The van der Waals surface area contributed by atoms with Gasteiger partial charge in [-0.2, -0.15) is 10.4 Å². The van der Waals surface area contributed by atoms with E-state index in [0.717, 1.165) is 27.5 Å². The molecule has 1 aliphatic heterocycles. The van der Waals surface area contributed by atoms with Gasteiger partial charge in [0.1, 0.15) is 24.0 Å². The predicted molar refractivity (Wildman–Crippen MR) is 143 cm³/mol. The van der Waals surface area contributed by atoms with Gasteiger partial charge in [0, 0.05) is 28.9 Å². The van der Waals surface area contributed by atoms with Gasteiger partial charge in [0.05, 0.1) is 11.4 Å². The monoisotopic (exact) mass is 492 g/mol. The van der Waals surface area contributed by atoms with E-state index >= 15 is 0 Å². The molecule has 1 aromatic heterocycles. The number of rotatable bonds is 7. The maximum Gasteiger partial charge on any atom is 0.271 e. The van der Waals surface area contributed by atoms with Crippen LogP contribution in [0.1, 0.15) is 31.9 Å². The lowest BCUT2D eigenvalue weighted by atomic mass is 9.92. The second-order valence-corrected chi connectivity index (χ2v) is 9.04. The number of ether oxygens (including phenoxy) is 1. The van der Waals surface area contributed by atoms with Crippen LogP contribution < -0.4 is 4.74 Å². The van der Waals surface area contributed by atoms with E-state index in [1.54, 1.807) is 37.6 Å². The van der Waals surface area contributed by atoms with Crippen molar-refractivity contribution >= 4 is 17.9 Å². The Kier molecular flexibility index (Phi) is 7.21. The van der Waals surface area contributed by atoms with Crippen LogP contribution in [0.3, 0.4) is 0 Å². The molecule has 0 radical (unpaired) electrons. The Bertz CT molecular complexity index is 1490. The summed E-state index contributed by atoms with van der Waals surface area (Å²) in [6, 6.07) is 17.0. The van der Waals surface area contributed by atoms with Gasteiger partial charge < -0.3 is 4.74 Å². The zero-order valence-corrected chi connectivity index (χ0v) is 21.4. The number of nitrogens with zero attached hydrogens (tertiary/aromatic N) is 4. The van der Waals surface area contributed by atoms with E-state index in [4.69, 9.17) is 9.84 Å². The Morgan fingerprint density at radius 1 is 1.11 bits per heavy atom. The number of aromatic nitrogens is 2. The maximum absolute atomic E-state index is 13.4.